The molecular formula is C18H15FN2O3. The summed E-state index contributed by atoms with van der Waals surface area (Å²) in [6, 6.07) is 12.7. The van der Waals surface area contributed by atoms with E-state index in [1.807, 2.05) is 6.07 Å². The number of aryl methyl sites for hydroxylation is 1. The number of hydrogen-bond donors (Lipinski definition) is 0. The average Bonchev–Trinajstić information content (AvgIpc) is 2.58. The van der Waals surface area contributed by atoms with Gasteiger partial charge in [0.2, 0.25) is 0 Å². The van der Waals surface area contributed by atoms with Crippen LogP contribution in [-0.2, 0) is 11.3 Å². The van der Waals surface area contributed by atoms with Gasteiger partial charge in [0.05, 0.1) is 23.0 Å². The van der Waals surface area contributed by atoms with E-state index >= 15 is 0 Å². The number of para-hydroxylation sites is 1. The molecule has 1 aromatic heterocycles. The first-order valence-electron chi connectivity index (χ1n) is 7.46. The minimum Gasteiger partial charge on any atom is -0.460 e. The van der Waals surface area contributed by atoms with E-state index in [9.17, 15) is 14.0 Å². The van der Waals surface area contributed by atoms with Crippen molar-refractivity contribution in [2.24, 2.45) is 0 Å². The van der Waals surface area contributed by atoms with Crippen molar-refractivity contribution in [2.45, 2.75) is 13.5 Å². The van der Waals surface area contributed by atoms with Gasteiger partial charge in [-0.2, -0.15) is 0 Å². The van der Waals surface area contributed by atoms with Gasteiger partial charge in [0.15, 0.2) is 0 Å². The number of benzene rings is 2. The standard InChI is InChI=1S/C18H15FN2O3/c1-12-20-16-9-5-3-7-14(16)17(22)21(12)10-11-24-18(23)13-6-2-4-8-15(13)19/h2-9H,10-11H2,1H3. The molecule has 0 saturated carbocycles. The van der Waals surface area contributed by atoms with E-state index in [2.05, 4.69) is 4.98 Å². The molecule has 0 aliphatic rings. The molecular weight excluding hydrogens is 311 g/mol. The van der Waals surface area contributed by atoms with Gasteiger partial charge in [-0.15, -0.1) is 0 Å². The van der Waals surface area contributed by atoms with Crippen molar-refractivity contribution in [2.75, 3.05) is 6.61 Å². The molecule has 0 fully saturated rings. The number of hydrogen-bond acceptors (Lipinski definition) is 4. The maximum atomic E-state index is 13.5. The highest BCUT2D eigenvalue weighted by Gasteiger charge is 2.13. The van der Waals surface area contributed by atoms with E-state index in [1.54, 1.807) is 31.2 Å². The highest BCUT2D eigenvalue weighted by molar-refractivity contribution is 5.89. The number of fused-ring (bicyclic) bond motifs is 1. The van der Waals surface area contributed by atoms with Gasteiger partial charge in [-0.1, -0.05) is 24.3 Å². The molecule has 0 atom stereocenters. The molecule has 3 rings (SSSR count). The third kappa shape index (κ3) is 3.03. The molecule has 0 aliphatic heterocycles. The molecule has 122 valence electrons. The lowest BCUT2D eigenvalue weighted by Crippen LogP contribution is -2.26. The Morgan fingerprint density at radius 3 is 2.67 bits per heavy atom. The summed E-state index contributed by atoms with van der Waals surface area (Å²) in [5.41, 5.74) is 0.304. The third-order valence-electron chi connectivity index (χ3n) is 3.69. The van der Waals surface area contributed by atoms with Crippen molar-refractivity contribution in [3.63, 3.8) is 0 Å². The summed E-state index contributed by atoms with van der Waals surface area (Å²) < 4.78 is 20.0. The predicted octanol–water partition coefficient (Wildman–Crippen LogP) is 2.70. The minimum atomic E-state index is -0.757. The van der Waals surface area contributed by atoms with Crippen molar-refractivity contribution >= 4 is 16.9 Å². The van der Waals surface area contributed by atoms with Gasteiger partial charge < -0.3 is 4.74 Å². The molecule has 5 nitrogen and oxygen atoms in total. The lowest BCUT2D eigenvalue weighted by Gasteiger charge is -2.11. The monoisotopic (exact) mass is 326 g/mol. The Morgan fingerprint density at radius 1 is 1.17 bits per heavy atom. The van der Waals surface area contributed by atoms with Crippen LogP contribution in [0.2, 0.25) is 0 Å². The number of esters is 1. The first-order chi connectivity index (χ1) is 11.6. The summed E-state index contributed by atoms with van der Waals surface area (Å²) in [6.45, 7) is 1.82. The van der Waals surface area contributed by atoms with Gasteiger partial charge in [-0.25, -0.2) is 14.2 Å². The largest absolute Gasteiger partial charge is 0.460 e. The third-order valence-corrected chi connectivity index (χ3v) is 3.69. The van der Waals surface area contributed by atoms with Crippen molar-refractivity contribution in [3.8, 4) is 0 Å². The van der Waals surface area contributed by atoms with Crippen LogP contribution < -0.4 is 5.56 Å². The summed E-state index contributed by atoms with van der Waals surface area (Å²) in [6.07, 6.45) is 0. The van der Waals surface area contributed by atoms with Crippen LogP contribution in [0.3, 0.4) is 0 Å². The Labute approximate surface area is 137 Å². The van der Waals surface area contributed by atoms with E-state index < -0.39 is 11.8 Å². The van der Waals surface area contributed by atoms with Crippen LogP contribution in [0.5, 0.6) is 0 Å². The van der Waals surface area contributed by atoms with Crippen LogP contribution in [0.25, 0.3) is 10.9 Å². The van der Waals surface area contributed by atoms with E-state index in [-0.39, 0.29) is 24.3 Å². The molecule has 24 heavy (non-hydrogen) atoms. The van der Waals surface area contributed by atoms with E-state index in [0.29, 0.717) is 16.7 Å². The molecule has 0 amide bonds. The highest BCUT2D eigenvalue weighted by atomic mass is 19.1. The number of halogens is 1. The Bertz CT molecular complexity index is 966. The van der Waals surface area contributed by atoms with Crippen molar-refractivity contribution < 1.29 is 13.9 Å². The smallest absolute Gasteiger partial charge is 0.341 e. The Hall–Kier alpha value is -3.02. The van der Waals surface area contributed by atoms with Crippen molar-refractivity contribution in [3.05, 3.63) is 76.1 Å². The maximum absolute atomic E-state index is 13.5. The SMILES string of the molecule is Cc1nc2ccccc2c(=O)n1CCOC(=O)c1ccccc1F. The van der Waals surface area contributed by atoms with Crippen molar-refractivity contribution in [1.29, 1.82) is 0 Å². The van der Waals surface area contributed by atoms with Gasteiger partial charge in [0.25, 0.3) is 5.56 Å². The van der Waals surface area contributed by atoms with Gasteiger partial charge in [0.1, 0.15) is 18.2 Å². The molecule has 0 N–H and O–H groups in total. The van der Waals surface area contributed by atoms with Gasteiger partial charge >= 0.3 is 5.97 Å². The van der Waals surface area contributed by atoms with Crippen molar-refractivity contribution in [1.82, 2.24) is 9.55 Å². The molecule has 0 bridgehead atoms. The van der Waals surface area contributed by atoms with Gasteiger partial charge in [-0.05, 0) is 31.2 Å². The van der Waals surface area contributed by atoms with Crippen LogP contribution in [-0.4, -0.2) is 22.1 Å². The molecule has 2 aromatic carbocycles. The summed E-state index contributed by atoms with van der Waals surface area (Å²) in [7, 11) is 0. The Kier molecular flexibility index (Phi) is 4.37. The average molecular weight is 326 g/mol. The maximum Gasteiger partial charge on any atom is 0.341 e. The Balaban J connectivity index is 1.76. The molecule has 0 saturated heterocycles. The quantitative estimate of drug-likeness (QED) is 0.692. The number of ether oxygens (including phenoxy) is 1. The number of aromatic nitrogens is 2. The zero-order chi connectivity index (χ0) is 17.1. The molecule has 0 radical (unpaired) electrons. The van der Waals surface area contributed by atoms with Crippen LogP contribution in [0.1, 0.15) is 16.2 Å². The molecule has 1 heterocycles. The minimum absolute atomic E-state index is 0.0477. The number of nitrogens with zero attached hydrogens (tertiary/aromatic N) is 2. The van der Waals surface area contributed by atoms with E-state index in [0.717, 1.165) is 0 Å². The molecule has 3 aromatic rings. The lowest BCUT2D eigenvalue weighted by molar-refractivity contribution is 0.0484. The van der Waals surface area contributed by atoms with Crippen LogP contribution in [0.15, 0.2) is 53.3 Å². The fourth-order valence-corrected chi connectivity index (χ4v) is 2.48. The zero-order valence-electron chi connectivity index (χ0n) is 13.0. The summed E-state index contributed by atoms with van der Waals surface area (Å²) in [4.78, 5) is 28.7. The molecule has 0 spiro atoms. The second-order valence-electron chi connectivity index (χ2n) is 5.25. The van der Waals surface area contributed by atoms with Crippen LogP contribution in [0, 0.1) is 12.7 Å². The second-order valence-corrected chi connectivity index (χ2v) is 5.25. The van der Waals surface area contributed by atoms with E-state index in [4.69, 9.17) is 4.74 Å². The van der Waals surface area contributed by atoms with Crippen LogP contribution in [0.4, 0.5) is 4.39 Å². The second kappa shape index (κ2) is 6.62. The first-order valence-corrected chi connectivity index (χ1v) is 7.46. The summed E-state index contributed by atoms with van der Waals surface area (Å²) in [5, 5.41) is 0.503. The van der Waals surface area contributed by atoms with Crippen LogP contribution >= 0.6 is 0 Å². The summed E-state index contributed by atoms with van der Waals surface area (Å²) in [5.74, 6) is -0.864. The Morgan fingerprint density at radius 2 is 1.88 bits per heavy atom. The number of rotatable bonds is 4. The number of carbonyl (C=O) groups is 1. The topological polar surface area (TPSA) is 61.2 Å². The van der Waals surface area contributed by atoms with E-state index in [1.165, 1.54) is 22.8 Å². The first kappa shape index (κ1) is 15.9. The molecule has 6 heteroatoms. The van der Waals surface area contributed by atoms with Gasteiger partial charge in [-0.3, -0.25) is 9.36 Å². The highest BCUT2D eigenvalue weighted by Crippen LogP contribution is 2.09. The fraction of sp³-hybridized carbons (Fsp3) is 0.167. The zero-order valence-corrected chi connectivity index (χ0v) is 13.0. The van der Waals surface area contributed by atoms with Gasteiger partial charge in [0, 0.05) is 0 Å². The summed E-state index contributed by atoms with van der Waals surface area (Å²) >= 11 is 0. The molecule has 0 unspecified atom stereocenters. The fourth-order valence-electron chi connectivity index (χ4n) is 2.48. The number of carbonyl (C=O) groups excluding carboxylic acids is 1. The normalized spacial score (nSPS) is 10.8. The lowest BCUT2D eigenvalue weighted by atomic mass is 10.2. The molecule has 0 aliphatic carbocycles. The predicted molar refractivity (Wildman–Crippen MR) is 87.4 cm³/mol.